The Bertz CT molecular complexity index is 409. The van der Waals surface area contributed by atoms with E-state index in [0.29, 0.717) is 23.5 Å². The first-order valence-electron chi connectivity index (χ1n) is 7.81. The number of hydrogen-bond donors (Lipinski definition) is 5. The Hall–Kier alpha value is -0.310. The first-order chi connectivity index (χ1) is 9.77. The zero-order chi connectivity index (χ0) is 15.5. The smallest absolute Gasteiger partial charge is 0.162 e. The van der Waals surface area contributed by atoms with Gasteiger partial charge in [0.05, 0.1) is 43.6 Å². The second kappa shape index (κ2) is 5.11. The third kappa shape index (κ3) is 2.31. The number of rotatable bonds is 2. The van der Waals surface area contributed by atoms with E-state index in [1.54, 1.807) is 0 Å². The van der Waals surface area contributed by atoms with Crippen LogP contribution in [0.1, 0.15) is 19.3 Å². The molecule has 1 heterocycles. The molecule has 8 unspecified atom stereocenters. The summed E-state index contributed by atoms with van der Waals surface area (Å²) in [6, 6.07) is -1.05. The Morgan fingerprint density at radius 3 is 2.38 bits per heavy atom. The molecule has 1 saturated heterocycles. The monoisotopic (exact) mass is 304 g/mol. The highest BCUT2D eigenvalue weighted by atomic mass is 19.1. The fourth-order valence-corrected chi connectivity index (χ4v) is 4.75. The van der Waals surface area contributed by atoms with Gasteiger partial charge in [0.2, 0.25) is 0 Å². The molecule has 7 heteroatoms. The lowest BCUT2D eigenvalue weighted by molar-refractivity contribution is -0.959. The third-order valence-electron chi connectivity index (χ3n) is 6.14. The Balaban J connectivity index is 1.96. The van der Waals surface area contributed by atoms with Gasteiger partial charge in [-0.1, -0.05) is 0 Å². The van der Waals surface area contributed by atoms with Gasteiger partial charge in [0.1, 0.15) is 6.17 Å². The van der Waals surface area contributed by atoms with E-state index < -0.39 is 42.5 Å². The maximum Gasteiger partial charge on any atom is 0.162 e. The highest BCUT2D eigenvalue weighted by molar-refractivity contribution is 5.05. The van der Waals surface area contributed by atoms with Gasteiger partial charge in [-0.15, -0.1) is 0 Å². The van der Waals surface area contributed by atoms with Crippen molar-refractivity contribution in [3.63, 3.8) is 0 Å². The van der Waals surface area contributed by atoms with Gasteiger partial charge in [0.25, 0.3) is 0 Å². The summed E-state index contributed by atoms with van der Waals surface area (Å²) in [5, 5.41) is 29.7. The van der Waals surface area contributed by atoms with Gasteiger partial charge in [-0.25, -0.2) is 4.39 Å². The average Bonchev–Trinajstić information content (AvgIpc) is 3.24. The van der Waals surface area contributed by atoms with Crippen LogP contribution in [0.2, 0.25) is 0 Å². The van der Waals surface area contributed by atoms with Crippen LogP contribution < -0.4 is 11.5 Å². The number of fused-ring (bicyclic) bond motifs is 1. The van der Waals surface area contributed by atoms with Gasteiger partial charge in [0.15, 0.2) is 6.29 Å². The molecule has 0 aromatic carbocycles. The van der Waals surface area contributed by atoms with Crippen LogP contribution in [0.15, 0.2) is 0 Å². The number of piperidine rings is 1. The van der Waals surface area contributed by atoms with Gasteiger partial charge >= 0.3 is 0 Å². The van der Waals surface area contributed by atoms with E-state index >= 15 is 0 Å². The molecule has 0 radical (unpaired) electrons. The number of hydrogen-bond acceptors (Lipinski definition) is 5. The molecular weight excluding hydrogens is 277 g/mol. The van der Waals surface area contributed by atoms with E-state index in [0.717, 1.165) is 12.8 Å². The summed E-state index contributed by atoms with van der Waals surface area (Å²) in [7, 11) is 2.06. The van der Waals surface area contributed by atoms with Gasteiger partial charge in [-0.2, -0.15) is 0 Å². The normalized spacial score (nSPS) is 54.6. The minimum absolute atomic E-state index is 0.0144. The van der Waals surface area contributed by atoms with Crippen LogP contribution in [-0.4, -0.2) is 76.1 Å². The number of quaternary nitrogens is 1. The number of alkyl halides is 1. The number of aliphatic hydroxyl groups is 3. The topological polar surface area (TPSA) is 113 Å². The van der Waals surface area contributed by atoms with Crippen molar-refractivity contribution in [3.05, 3.63) is 0 Å². The first kappa shape index (κ1) is 15.6. The zero-order valence-corrected chi connectivity index (χ0v) is 12.3. The van der Waals surface area contributed by atoms with Crippen molar-refractivity contribution >= 4 is 0 Å². The Kier molecular flexibility index (Phi) is 3.79. The van der Waals surface area contributed by atoms with Gasteiger partial charge in [0, 0.05) is 31.3 Å². The first-order valence-corrected chi connectivity index (χ1v) is 7.81. The van der Waals surface area contributed by atoms with Gasteiger partial charge < -0.3 is 31.3 Å². The van der Waals surface area contributed by atoms with Crippen molar-refractivity contribution in [3.8, 4) is 0 Å². The molecule has 0 amide bonds. The van der Waals surface area contributed by atoms with Crippen molar-refractivity contribution in [1.82, 2.24) is 0 Å². The van der Waals surface area contributed by atoms with Crippen LogP contribution in [0, 0.1) is 11.8 Å². The Morgan fingerprint density at radius 1 is 1.24 bits per heavy atom. The molecule has 1 aliphatic heterocycles. The standard InChI is InChI=1S/C14H27FN3O3/c1-18(6-2-3-6)5-7(14(20)21)13(19)10-9(18)4-8(16)11(15)12(10)17/h6-14,19-21H,2-5,16-17H2,1H3/q+1. The fraction of sp³-hybridized carbons (Fsp3) is 1.00. The summed E-state index contributed by atoms with van der Waals surface area (Å²) < 4.78 is 14.8. The summed E-state index contributed by atoms with van der Waals surface area (Å²) in [4.78, 5) is 0. The molecule has 21 heavy (non-hydrogen) atoms. The molecule has 0 bridgehead atoms. The molecule has 7 N–H and O–H groups in total. The molecule has 122 valence electrons. The van der Waals surface area contributed by atoms with Crippen molar-refractivity contribution in [2.75, 3.05) is 13.6 Å². The van der Waals surface area contributed by atoms with E-state index in [4.69, 9.17) is 11.5 Å². The molecule has 6 nitrogen and oxygen atoms in total. The fourth-order valence-electron chi connectivity index (χ4n) is 4.75. The molecular formula is C14H27FN3O3+. The molecule has 0 spiro atoms. The van der Waals surface area contributed by atoms with E-state index in [9.17, 15) is 19.7 Å². The quantitative estimate of drug-likeness (QED) is 0.308. The zero-order valence-electron chi connectivity index (χ0n) is 12.3. The van der Waals surface area contributed by atoms with E-state index in [2.05, 4.69) is 7.05 Å². The predicted octanol–water partition coefficient (Wildman–Crippen LogP) is -1.72. The van der Waals surface area contributed by atoms with Crippen molar-refractivity contribution in [2.24, 2.45) is 23.3 Å². The van der Waals surface area contributed by atoms with Gasteiger partial charge in [-0.05, 0) is 0 Å². The maximum atomic E-state index is 14.2. The SMILES string of the molecule is C[N+]1(C2CC2)CC(C(O)O)C(O)C2C(N)C(F)C(N)CC21. The van der Waals surface area contributed by atoms with Crippen LogP contribution in [0.5, 0.6) is 0 Å². The molecule has 3 fully saturated rings. The lowest BCUT2D eigenvalue weighted by Crippen LogP contribution is -2.75. The highest BCUT2D eigenvalue weighted by Gasteiger charge is 2.62. The second-order valence-corrected chi connectivity index (χ2v) is 7.39. The van der Waals surface area contributed by atoms with E-state index in [-0.39, 0.29) is 6.04 Å². The minimum atomic E-state index is -1.61. The Morgan fingerprint density at radius 2 is 1.86 bits per heavy atom. The summed E-state index contributed by atoms with van der Waals surface area (Å²) in [5.74, 6) is -1.17. The van der Waals surface area contributed by atoms with Crippen LogP contribution in [0.25, 0.3) is 0 Å². The Labute approximate surface area is 124 Å². The summed E-state index contributed by atoms with van der Waals surface area (Å²) in [6.45, 7) is 0.473. The number of likely N-dealkylation sites (tertiary alicyclic amines) is 1. The molecule has 0 aromatic heterocycles. The summed E-state index contributed by atoms with van der Waals surface area (Å²) >= 11 is 0. The predicted molar refractivity (Wildman–Crippen MR) is 74.5 cm³/mol. The van der Waals surface area contributed by atoms with E-state index in [1.807, 2.05) is 0 Å². The third-order valence-corrected chi connectivity index (χ3v) is 6.14. The molecule has 3 aliphatic rings. The second-order valence-electron chi connectivity index (χ2n) is 7.39. The number of halogens is 1. The largest absolute Gasteiger partial charge is 0.392 e. The van der Waals surface area contributed by atoms with Gasteiger partial charge in [-0.3, -0.25) is 0 Å². The summed E-state index contributed by atoms with van der Waals surface area (Å²) in [5.41, 5.74) is 11.9. The van der Waals surface area contributed by atoms with Crippen LogP contribution in [0.4, 0.5) is 4.39 Å². The molecule has 0 aromatic rings. The maximum absolute atomic E-state index is 14.2. The van der Waals surface area contributed by atoms with Crippen LogP contribution in [-0.2, 0) is 0 Å². The van der Waals surface area contributed by atoms with Crippen molar-refractivity contribution < 1.29 is 24.2 Å². The van der Waals surface area contributed by atoms with Crippen LogP contribution >= 0.6 is 0 Å². The molecule has 2 saturated carbocycles. The molecule has 3 rings (SSSR count). The van der Waals surface area contributed by atoms with Crippen molar-refractivity contribution in [2.45, 2.75) is 62.0 Å². The number of nitrogens with two attached hydrogens (primary N) is 2. The van der Waals surface area contributed by atoms with Crippen molar-refractivity contribution in [1.29, 1.82) is 0 Å². The number of aliphatic hydroxyl groups excluding tert-OH is 2. The molecule has 2 aliphatic carbocycles. The highest BCUT2D eigenvalue weighted by Crippen LogP contribution is 2.47. The van der Waals surface area contributed by atoms with Crippen LogP contribution in [0.3, 0.4) is 0 Å². The lowest BCUT2D eigenvalue weighted by atomic mass is 9.67. The lowest BCUT2D eigenvalue weighted by Gasteiger charge is -2.58. The van der Waals surface area contributed by atoms with E-state index in [1.165, 1.54) is 0 Å². The average molecular weight is 304 g/mol. The number of nitrogens with zero attached hydrogens (tertiary/aromatic N) is 1. The minimum Gasteiger partial charge on any atom is -0.392 e. The summed E-state index contributed by atoms with van der Waals surface area (Å²) in [6.07, 6.45) is -1.33. The molecule has 8 atom stereocenters.